The van der Waals surface area contributed by atoms with E-state index >= 15 is 0 Å². The van der Waals surface area contributed by atoms with Crippen molar-refractivity contribution in [2.75, 3.05) is 12.0 Å². The predicted octanol–water partition coefficient (Wildman–Crippen LogP) is 1.67. The molecule has 84 valence electrons. The lowest BCUT2D eigenvalue weighted by molar-refractivity contribution is 0.602. The summed E-state index contributed by atoms with van der Waals surface area (Å²) in [6.45, 7) is 0. The number of nitrogens with one attached hydrogen (secondary N) is 1. The molecule has 0 unspecified atom stereocenters. The number of nitrogens with two attached hydrogens (primary N) is 1. The zero-order valence-corrected chi connectivity index (χ0v) is 9.58. The van der Waals surface area contributed by atoms with Crippen molar-refractivity contribution in [1.29, 1.82) is 0 Å². The predicted molar refractivity (Wildman–Crippen MR) is 63.8 cm³/mol. The average Bonchev–Trinajstić information content (AvgIpc) is 2.65. The number of rotatable bonds is 2. The molecular formula is C11H12N2O2S. The van der Waals surface area contributed by atoms with Crippen LogP contribution in [-0.2, 0) is 9.84 Å². The smallest absolute Gasteiger partial charge is 0.177 e. The zero-order chi connectivity index (χ0) is 11.8. The third kappa shape index (κ3) is 1.94. The molecule has 0 saturated heterocycles. The lowest BCUT2D eigenvalue weighted by Gasteiger charge is -2.03. The van der Waals surface area contributed by atoms with Gasteiger partial charge in [-0.1, -0.05) is 12.1 Å². The first-order valence-corrected chi connectivity index (χ1v) is 6.61. The molecule has 0 amide bonds. The SMILES string of the molecule is CS(=O)(=O)c1cc[nH]c1-c1cccc(N)c1. The Hall–Kier alpha value is -1.75. The molecule has 0 aliphatic heterocycles. The van der Waals surface area contributed by atoms with Gasteiger partial charge >= 0.3 is 0 Å². The molecular weight excluding hydrogens is 224 g/mol. The Bertz CT molecular complexity index is 614. The van der Waals surface area contributed by atoms with Crippen molar-refractivity contribution in [2.24, 2.45) is 0 Å². The van der Waals surface area contributed by atoms with E-state index in [1.165, 1.54) is 6.26 Å². The fourth-order valence-electron chi connectivity index (χ4n) is 1.58. The summed E-state index contributed by atoms with van der Waals surface area (Å²) in [5, 5.41) is 0. The summed E-state index contributed by atoms with van der Waals surface area (Å²) in [5.74, 6) is 0. The second kappa shape index (κ2) is 3.68. The fraction of sp³-hybridized carbons (Fsp3) is 0.0909. The van der Waals surface area contributed by atoms with Gasteiger partial charge in [0.25, 0.3) is 0 Å². The number of sulfone groups is 1. The normalized spacial score (nSPS) is 11.6. The van der Waals surface area contributed by atoms with Crippen LogP contribution in [0.1, 0.15) is 0 Å². The Morgan fingerprint density at radius 1 is 1.25 bits per heavy atom. The van der Waals surface area contributed by atoms with Crippen molar-refractivity contribution in [3.8, 4) is 11.3 Å². The van der Waals surface area contributed by atoms with Crippen molar-refractivity contribution < 1.29 is 8.42 Å². The molecule has 1 aromatic heterocycles. The van der Waals surface area contributed by atoms with Crippen molar-refractivity contribution in [3.05, 3.63) is 36.5 Å². The summed E-state index contributed by atoms with van der Waals surface area (Å²) in [4.78, 5) is 3.21. The number of aromatic nitrogens is 1. The number of hydrogen-bond donors (Lipinski definition) is 2. The maximum absolute atomic E-state index is 11.5. The van der Waals surface area contributed by atoms with E-state index < -0.39 is 9.84 Å². The summed E-state index contributed by atoms with van der Waals surface area (Å²) in [7, 11) is -3.22. The molecule has 0 radical (unpaired) electrons. The Morgan fingerprint density at radius 2 is 2.00 bits per heavy atom. The lowest BCUT2D eigenvalue weighted by Crippen LogP contribution is -1.97. The molecule has 16 heavy (non-hydrogen) atoms. The molecule has 1 aromatic carbocycles. The van der Waals surface area contributed by atoms with Gasteiger partial charge in [0.1, 0.15) is 0 Å². The summed E-state index contributed by atoms with van der Waals surface area (Å²) in [6.07, 6.45) is 2.79. The van der Waals surface area contributed by atoms with Gasteiger partial charge in [-0.3, -0.25) is 0 Å². The van der Waals surface area contributed by atoms with Crippen molar-refractivity contribution >= 4 is 15.5 Å². The van der Waals surface area contributed by atoms with Crippen LogP contribution in [0.4, 0.5) is 5.69 Å². The van der Waals surface area contributed by atoms with E-state index in [2.05, 4.69) is 4.98 Å². The second-order valence-electron chi connectivity index (χ2n) is 3.61. The van der Waals surface area contributed by atoms with Crippen LogP contribution in [0.25, 0.3) is 11.3 Å². The van der Waals surface area contributed by atoms with Crippen molar-refractivity contribution in [1.82, 2.24) is 4.98 Å². The van der Waals surface area contributed by atoms with E-state index in [1.54, 1.807) is 30.5 Å². The lowest BCUT2D eigenvalue weighted by atomic mass is 10.1. The van der Waals surface area contributed by atoms with Gasteiger partial charge in [0.15, 0.2) is 9.84 Å². The highest BCUT2D eigenvalue weighted by Crippen LogP contribution is 2.26. The second-order valence-corrected chi connectivity index (χ2v) is 5.60. The standard InChI is InChI=1S/C11H12N2O2S/c1-16(14,15)10-5-6-13-11(10)8-3-2-4-9(12)7-8/h2-7,13H,12H2,1H3. The molecule has 5 heteroatoms. The minimum absolute atomic E-state index is 0.290. The summed E-state index contributed by atoms with van der Waals surface area (Å²) in [5.41, 5.74) is 7.61. The maximum Gasteiger partial charge on any atom is 0.177 e. The quantitative estimate of drug-likeness (QED) is 0.779. The maximum atomic E-state index is 11.5. The van der Waals surface area contributed by atoms with Crippen molar-refractivity contribution in [2.45, 2.75) is 4.90 Å². The van der Waals surface area contributed by atoms with Gasteiger partial charge in [-0.05, 0) is 18.2 Å². The highest BCUT2D eigenvalue weighted by Gasteiger charge is 2.15. The molecule has 0 saturated carbocycles. The largest absolute Gasteiger partial charge is 0.399 e. The van der Waals surface area contributed by atoms with Gasteiger partial charge in [-0.25, -0.2) is 8.42 Å². The molecule has 0 aliphatic carbocycles. The van der Waals surface area contributed by atoms with Gasteiger partial charge in [-0.15, -0.1) is 0 Å². The highest BCUT2D eigenvalue weighted by atomic mass is 32.2. The Morgan fingerprint density at radius 3 is 2.62 bits per heavy atom. The van der Waals surface area contributed by atoms with Gasteiger partial charge in [0, 0.05) is 23.7 Å². The molecule has 4 nitrogen and oxygen atoms in total. The van der Waals surface area contributed by atoms with Crippen molar-refractivity contribution in [3.63, 3.8) is 0 Å². The third-order valence-electron chi connectivity index (χ3n) is 2.28. The van der Waals surface area contributed by atoms with Crippen LogP contribution in [0, 0.1) is 0 Å². The molecule has 0 fully saturated rings. The minimum atomic E-state index is -3.22. The Balaban J connectivity index is 2.62. The van der Waals surface area contributed by atoms with Crippen LogP contribution in [-0.4, -0.2) is 19.7 Å². The fourth-order valence-corrected chi connectivity index (χ4v) is 2.45. The molecule has 0 bridgehead atoms. The first kappa shape index (κ1) is 10.8. The molecule has 1 heterocycles. The van der Waals surface area contributed by atoms with Crippen LogP contribution in [0.5, 0.6) is 0 Å². The Kier molecular flexibility index (Phi) is 2.47. The first-order valence-electron chi connectivity index (χ1n) is 4.72. The van der Waals surface area contributed by atoms with E-state index in [4.69, 9.17) is 5.73 Å². The number of anilines is 1. The van der Waals surface area contributed by atoms with E-state index in [0.717, 1.165) is 5.56 Å². The number of nitrogen functional groups attached to an aromatic ring is 1. The van der Waals surface area contributed by atoms with Crippen LogP contribution in [0.3, 0.4) is 0 Å². The molecule has 0 aliphatic rings. The number of aromatic amines is 1. The van der Waals surface area contributed by atoms with E-state index in [0.29, 0.717) is 11.4 Å². The topological polar surface area (TPSA) is 76.0 Å². The van der Waals surface area contributed by atoms with E-state index in [9.17, 15) is 8.42 Å². The average molecular weight is 236 g/mol. The monoisotopic (exact) mass is 236 g/mol. The van der Waals surface area contributed by atoms with Crippen LogP contribution >= 0.6 is 0 Å². The van der Waals surface area contributed by atoms with Crippen LogP contribution in [0.2, 0.25) is 0 Å². The summed E-state index contributed by atoms with van der Waals surface area (Å²) in [6, 6.07) is 8.65. The number of hydrogen-bond acceptors (Lipinski definition) is 3. The molecule has 0 atom stereocenters. The molecule has 3 N–H and O–H groups in total. The third-order valence-corrected chi connectivity index (χ3v) is 3.42. The first-order chi connectivity index (χ1) is 7.48. The minimum Gasteiger partial charge on any atom is -0.399 e. The van der Waals surface area contributed by atoms with Crippen LogP contribution < -0.4 is 5.73 Å². The summed E-state index contributed by atoms with van der Waals surface area (Å²) >= 11 is 0. The van der Waals surface area contributed by atoms with Gasteiger partial charge in [-0.2, -0.15) is 0 Å². The summed E-state index contributed by atoms with van der Waals surface area (Å²) < 4.78 is 23.0. The van der Waals surface area contributed by atoms with Gasteiger partial charge in [0.05, 0.1) is 10.6 Å². The zero-order valence-electron chi connectivity index (χ0n) is 8.77. The van der Waals surface area contributed by atoms with E-state index in [-0.39, 0.29) is 4.90 Å². The van der Waals surface area contributed by atoms with Crippen LogP contribution in [0.15, 0.2) is 41.4 Å². The number of benzene rings is 1. The highest BCUT2D eigenvalue weighted by molar-refractivity contribution is 7.90. The molecule has 2 aromatic rings. The Labute approximate surface area is 94.0 Å². The van der Waals surface area contributed by atoms with E-state index in [1.807, 2.05) is 6.07 Å². The molecule has 2 rings (SSSR count). The number of H-pyrrole nitrogens is 1. The molecule has 0 spiro atoms. The van der Waals surface area contributed by atoms with Gasteiger partial charge < -0.3 is 10.7 Å². The van der Waals surface area contributed by atoms with Gasteiger partial charge in [0.2, 0.25) is 0 Å².